The number of hydrogen-bond acceptors (Lipinski definition) is 5. The Kier molecular flexibility index (Phi) is 7.63. The maximum Gasteiger partial charge on any atom is 0.323 e. The van der Waals surface area contributed by atoms with Crippen molar-refractivity contribution in [3.63, 3.8) is 0 Å². The molecule has 0 radical (unpaired) electrons. The van der Waals surface area contributed by atoms with Gasteiger partial charge >= 0.3 is 11.9 Å². The van der Waals surface area contributed by atoms with Crippen LogP contribution in [0.5, 0.6) is 0 Å². The normalized spacial score (nSPS) is 15.9. The summed E-state index contributed by atoms with van der Waals surface area (Å²) in [7, 11) is 1.40. The van der Waals surface area contributed by atoms with Crippen molar-refractivity contribution in [3.05, 3.63) is 0 Å². The number of aliphatic hydroxyl groups is 1. The topological polar surface area (TPSA) is 93.1 Å². The third-order valence-corrected chi connectivity index (χ3v) is 2.78. The average Bonchev–Trinajstić information content (AvgIpc) is 2.27. The van der Waals surface area contributed by atoms with E-state index >= 15 is 0 Å². The zero-order chi connectivity index (χ0) is 15.1. The van der Waals surface area contributed by atoms with Gasteiger partial charge in [0.05, 0.1) is 19.3 Å². The van der Waals surface area contributed by atoms with Gasteiger partial charge in [-0.3, -0.25) is 9.59 Å². The smallest absolute Gasteiger partial charge is 0.323 e. The lowest BCUT2D eigenvalue weighted by Crippen LogP contribution is -2.45. The highest BCUT2D eigenvalue weighted by Crippen LogP contribution is 2.34. The van der Waals surface area contributed by atoms with Gasteiger partial charge in [0, 0.05) is 13.5 Å². The van der Waals surface area contributed by atoms with Crippen LogP contribution in [-0.2, 0) is 19.1 Å². The zero-order valence-corrected chi connectivity index (χ0v) is 12.0. The number of carbonyl (C=O) groups excluding carboxylic acids is 1. The van der Waals surface area contributed by atoms with E-state index in [1.807, 2.05) is 13.8 Å². The molecule has 2 unspecified atom stereocenters. The predicted molar refractivity (Wildman–Crippen MR) is 68.7 cm³/mol. The predicted octanol–water partition coefficient (Wildman–Crippen LogP) is 1.06. The molecule has 6 heteroatoms. The van der Waals surface area contributed by atoms with Crippen LogP contribution >= 0.6 is 0 Å². The second kappa shape index (κ2) is 8.12. The van der Waals surface area contributed by atoms with Crippen molar-refractivity contribution in [2.24, 2.45) is 11.3 Å². The molecule has 0 saturated heterocycles. The quantitative estimate of drug-likeness (QED) is 0.483. The van der Waals surface area contributed by atoms with E-state index in [1.54, 1.807) is 6.92 Å². The van der Waals surface area contributed by atoms with Crippen LogP contribution in [0.2, 0.25) is 0 Å². The van der Waals surface area contributed by atoms with E-state index in [1.165, 1.54) is 7.11 Å². The van der Waals surface area contributed by atoms with Crippen LogP contribution in [0.25, 0.3) is 0 Å². The molecule has 0 aliphatic carbocycles. The molecule has 0 fully saturated rings. The highest BCUT2D eigenvalue weighted by atomic mass is 16.5. The zero-order valence-electron chi connectivity index (χ0n) is 12.0. The Balaban J connectivity index is 5.25. The van der Waals surface area contributed by atoms with Crippen LogP contribution in [0.15, 0.2) is 0 Å². The first-order valence-electron chi connectivity index (χ1n) is 6.37. The molecule has 0 bridgehead atoms. The maximum atomic E-state index is 12.0. The fourth-order valence-electron chi connectivity index (χ4n) is 2.13. The van der Waals surface area contributed by atoms with E-state index in [4.69, 9.17) is 9.47 Å². The number of methoxy groups -OCH3 is 1. The summed E-state index contributed by atoms with van der Waals surface area (Å²) in [5.74, 6) is -2.09. The molecule has 0 aliphatic rings. The van der Waals surface area contributed by atoms with Crippen LogP contribution in [0.1, 0.15) is 33.6 Å². The van der Waals surface area contributed by atoms with Gasteiger partial charge in [0.1, 0.15) is 0 Å². The fraction of sp³-hybridized carbons (Fsp3) is 0.846. The number of esters is 1. The first kappa shape index (κ1) is 17.9. The molecule has 2 atom stereocenters. The molecule has 0 saturated carbocycles. The van der Waals surface area contributed by atoms with E-state index in [0.29, 0.717) is 0 Å². The SMILES string of the molecule is CCOC(=O)C(CC(C)C)(CC(O)COC)C(=O)O. The number of aliphatic hydroxyl groups excluding tert-OH is 1. The van der Waals surface area contributed by atoms with Crippen LogP contribution in [-0.4, -0.2) is 48.6 Å². The van der Waals surface area contributed by atoms with Crippen LogP contribution in [0.4, 0.5) is 0 Å². The molecular weight excluding hydrogens is 252 g/mol. The van der Waals surface area contributed by atoms with Gasteiger partial charge in [-0.15, -0.1) is 0 Å². The van der Waals surface area contributed by atoms with Crippen molar-refractivity contribution >= 4 is 11.9 Å². The summed E-state index contributed by atoms with van der Waals surface area (Å²) < 4.78 is 9.66. The largest absolute Gasteiger partial charge is 0.480 e. The molecular formula is C13H24O6. The lowest BCUT2D eigenvalue weighted by atomic mass is 9.75. The fourth-order valence-corrected chi connectivity index (χ4v) is 2.13. The van der Waals surface area contributed by atoms with Crippen molar-refractivity contribution in [1.82, 2.24) is 0 Å². The van der Waals surface area contributed by atoms with E-state index in [2.05, 4.69) is 0 Å². The van der Waals surface area contributed by atoms with Crippen molar-refractivity contribution < 1.29 is 29.3 Å². The minimum atomic E-state index is -1.72. The Labute approximate surface area is 113 Å². The standard InChI is InChI=1S/C13H24O6/c1-5-19-12(17)13(11(15)16,6-9(2)3)7-10(14)8-18-4/h9-10,14H,5-8H2,1-4H3,(H,15,16). The molecule has 0 heterocycles. The van der Waals surface area contributed by atoms with E-state index in [0.717, 1.165) is 0 Å². The van der Waals surface area contributed by atoms with E-state index in [-0.39, 0.29) is 32.0 Å². The van der Waals surface area contributed by atoms with Gasteiger partial charge in [-0.25, -0.2) is 0 Å². The number of rotatable bonds is 9. The summed E-state index contributed by atoms with van der Waals surface area (Å²) in [6.45, 7) is 5.34. The Morgan fingerprint density at radius 3 is 2.21 bits per heavy atom. The van der Waals surface area contributed by atoms with Gasteiger partial charge in [-0.05, 0) is 19.3 Å². The summed E-state index contributed by atoms with van der Waals surface area (Å²) in [4.78, 5) is 23.6. The second-order valence-corrected chi connectivity index (χ2v) is 5.02. The first-order valence-corrected chi connectivity index (χ1v) is 6.37. The third kappa shape index (κ3) is 5.16. The lowest BCUT2D eigenvalue weighted by Gasteiger charge is -2.30. The summed E-state index contributed by atoms with van der Waals surface area (Å²) in [6, 6.07) is 0. The van der Waals surface area contributed by atoms with Gasteiger partial charge < -0.3 is 19.7 Å². The van der Waals surface area contributed by atoms with Crippen molar-refractivity contribution in [2.45, 2.75) is 39.7 Å². The molecule has 2 N–H and O–H groups in total. The monoisotopic (exact) mass is 276 g/mol. The summed E-state index contributed by atoms with van der Waals surface area (Å²) in [5, 5.41) is 19.2. The van der Waals surface area contributed by atoms with E-state index < -0.39 is 23.5 Å². The van der Waals surface area contributed by atoms with Gasteiger partial charge in [0.15, 0.2) is 5.41 Å². The molecule has 0 rings (SSSR count). The van der Waals surface area contributed by atoms with Crippen LogP contribution in [0.3, 0.4) is 0 Å². The lowest BCUT2D eigenvalue weighted by molar-refractivity contribution is -0.173. The molecule has 0 aromatic heterocycles. The maximum absolute atomic E-state index is 12.0. The minimum absolute atomic E-state index is 0.0183. The molecule has 112 valence electrons. The van der Waals surface area contributed by atoms with Gasteiger partial charge in [-0.2, -0.15) is 0 Å². The molecule has 0 amide bonds. The third-order valence-electron chi connectivity index (χ3n) is 2.78. The number of carboxylic acids is 1. The van der Waals surface area contributed by atoms with Crippen molar-refractivity contribution in [3.8, 4) is 0 Å². The average molecular weight is 276 g/mol. The Bertz CT molecular complexity index is 302. The molecule has 0 aliphatic heterocycles. The Hall–Kier alpha value is -1.14. The molecule has 0 aromatic carbocycles. The number of carboxylic acid groups (broad SMARTS) is 1. The summed E-state index contributed by atoms with van der Waals surface area (Å²) in [6.07, 6.45) is -1.13. The molecule has 0 aromatic rings. The highest BCUT2D eigenvalue weighted by molar-refractivity contribution is 5.99. The number of aliphatic carboxylic acids is 1. The Morgan fingerprint density at radius 1 is 1.26 bits per heavy atom. The Morgan fingerprint density at radius 2 is 1.84 bits per heavy atom. The minimum Gasteiger partial charge on any atom is -0.480 e. The second-order valence-electron chi connectivity index (χ2n) is 5.02. The van der Waals surface area contributed by atoms with E-state index in [9.17, 15) is 19.8 Å². The van der Waals surface area contributed by atoms with Crippen molar-refractivity contribution in [2.75, 3.05) is 20.3 Å². The van der Waals surface area contributed by atoms with Crippen molar-refractivity contribution in [1.29, 1.82) is 0 Å². The number of hydrogen-bond donors (Lipinski definition) is 2. The van der Waals surface area contributed by atoms with Gasteiger partial charge in [0.25, 0.3) is 0 Å². The van der Waals surface area contributed by atoms with Gasteiger partial charge in [-0.1, -0.05) is 13.8 Å². The summed E-state index contributed by atoms with van der Waals surface area (Å²) in [5.41, 5.74) is -1.72. The number of carbonyl (C=O) groups is 2. The number of ether oxygens (including phenoxy) is 2. The van der Waals surface area contributed by atoms with Crippen LogP contribution < -0.4 is 0 Å². The van der Waals surface area contributed by atoms with Gasteiger partial charge in [0.2, 0.25) is 0 Å². The summed E-state index contributed by atoms with van der Waals surface area (Å²) >= 11 is 0. The molecule has 0 spiro atoms. The van der Waals surface area contributed by atoms with Crippen LogP contribution in [0, 0.1) is 11.3 Å². The molecule has 6 nitrogen and oxygen atoms in total. The highest BCUT2D eigenvalue weighted by Gasteiger charge is 2.49. The first-order chi connectivity index (χ1) is 8.80. The molecule has 19 heavy (non-hydrogen) atoms.